The Balaban J connectivity index is 2.35. The molecule has 1 heterocycles. The second-order valence-electron chi connectivity index (χ2n) is 4.10. The van der Waals surface area contributed by atoms with Gasteiger partial charge in [-0.2, -0.15) is 4.98 Å². The number of nitrogens with zero attached hydrogens (tertiary/aromatic N) is 2. The average Bonchev–Trinajstić information content (AvgIpc) is 2.51. The Labute approximate surface area is 124 Å². The predicted molar refractivity (Wildman–Crippen MR) is 78.0 cm³/mol. The minimum absolute atomic E-state index is 0.322. The Morgan fingerprint density at radius 3 is 2.71 bits per heavy atom. The van der Waals surface area contributed by atoms with Crippen molar-refractivity contribution in [3.8, 4) is 5.88 Å². The number of nitrogens with two attached hydrogens (primary N) is 1. The lowest BCUT2D eigenvalue weighted by molar-refractivity contribution is 0.0641. The Hall–Kier alpha value is -1.48. The summed E-state index contributed by atoms with van der Waals surface area (Å²) >= 11 is 0. The van der Waals surface area contributed by atoms with Crippen LogP contribution in [0.4, 0.5) is 5.82 Å². The van der Waals surface area contributed by atoms with Crippen LogP contribution in [-0.2, 0) is 20.8 Å². The van der Waals surface area contributed by atoms with Gasteiger partial charge in [-0.3, -0.25) is 0 Å². The minimum Gasteiger partial charge on any atom is -0.477 e. The number of aromatic nitrogens is 2. The third-order valence-electron chi connectivity index (χ3n) is 2.45. The van der Waals surface area contributed by atoms with Crippen molar-refractivity contribution in [1.82, 2.24) is 9.97 Å². The van der Waals surface area contributed by atoms with E-state index in [1.54, 1.807) is 13.2 Å². The molecule has 0 amide bonds. The highest BCUT2D eigenvalue weighted by Crippen LogP contribution is 2.13. The highest BCUT2D eigenvalue weighted by molar-refractivity contribution is 5.36. The molecule has 0 saturated heterocycles. The molecule has 1 aromatic rings. The molecule has 21 heavy (non-hydrogen) atoms. The van der Waals surface area contributed by atoms with E-state index in [4.69, 9.17) is 24.8 Å². The Morgan fingerprint density at radius 2 is 2.00 bits per heavy atom. The highest BCUT2D eigenvalue weighted by Gasteiger charge is 2.05. The maximum absolute atomic E-state index is 5.56. The summed E-state index contributed by atoms with van der Waals surface area (Å²) in [6, 6.07) is 1.64. The molecule has 0 spiro atoms. The fraction of sp³-hybridized carbons (Fsp3) is 0.692. The molecular formula is C13H24N4O4. The summed E-state index contributed by atoms with van der Waals surface area (Å²) in [6.45, 7) is 5.13. The number of anilines is 1. The van der Waals surface area contributed by atoms with Crippen molar-refractivity contribution in [2.75, 3.05) is 45.6 Å². The van der Waals surface area contributed by atoms with E-state index in [-0.39, 0.29) is 0 Å². The highest BCUT2D eigenvalue weighted by atomic mass is 16.5. The summed E-state index contributed by atoms with van der Waals surface area (Å²) < 4.78 is 21.1. The summed E-state index contributed by atoms with van der Waals surface area (Å²) in [5.74, 6) is 6.85. The van der Waals surface area contributed by atoms with Crippen LogP contribution in [0, 0.1) is 0 Å². The van der Waals surface area contributed by atoms with Crippen LogP contribution in [0.15, 0.2) is 6.07 Å². The third-order valence-corrected chi connectivity index (χ3v) is 2.45. The maximum atomic E-state index is 5.56. The van der Waals surface area contributed by atoms with Crippen molar-refractivity contribution in [3.05, 3.63) is 11.9 Å². The zero-order chi connectivity index (χ0) is 15.3. The fourth-order valence-electron chi connectivity index (χ4n) is 1.46. The maximum Gasteiger partial charge on any atom is 0.218 e. The zero-order valence-corrected chi connectivity index (χ0v) is 12.6. The van der Waals surface area contributed by atoms with Crippen molar-refractivity contribution in [2.45, 2.75) is 20.0 Å². The van der Waals surface area contributed by atoms with Crippen LogP contribution in [0.5, 0.6) is 5.88 Å². The molecule has 0 unspecified atom stereocenters. The molecule has 1 rings (SSSR count). The quantitative estimate of drug-likeness (QED) is 0.331. The average molecular weight is 300 g/mol. The van der Waals surface area contributed by atoms with Gasteiger partial charge in [0.05, 0.1) is 19.8 Å². The minimum atomic E-state index is 0.322. The van der Waals surface area contributed by atoms with E-state index in [0.717, 1.165) is 6.42 Å². The predicted octanol–water partition coefficient (Wildman–Crippen LogP) is 0.731. The van der Waals surface area contributed by atoms with Crippen molar-refractivity contribution in [2.24, 2.45) is 5.84 Å². The van der Waals surface area contributed by atoms with Gasteiger partial charge in [0.2, 0.25) is 5.88 Å². The van der Waals surface area contributed by atoms with Crippen LogP contribution in [0.25, 0.3) is 0 Å². The molecule has 0 aliphatic carbocycles. The van der Waals surface area contributed by atoms with Crippen molar-refractivity contribution in [1.29, 1.82) is 0 Å². The number of nitrogen functional groups attached to an aromatic ring is 1. The van der Waals surface area contributed by atoms with Gasteiger partial charge in [0.15, 0.2) is 5.82 Å². The van der Waals surface area contributed by atoms with E-state index >= 15 is 0 Å². The largest absolute Gasteiger partial charge is 0.477 e. The molecule has 120 valence electrons. The first-order valence-corrected chi connectivity index (χ1v) is 6.92. The van der Waals surface area contributed by atoms with Crippen LogP contribution in [0.2, 0.25) is 0 Å². The molecule has 0 atom stereocenters. The number of hydrogen-bond acceptors (Lipinski definition) is 8. The SMILES string of the molecule is CCOCc1nc(NN)cc(OCCCOCCOC)n1. The Kier molecular flexibility index (Phi) is 9.38. The van der Waals surface area contributed by atoms with Crippen LogP contribution in [-0.4, -0.2) is 50.1 Å². The lowest BCUT2D eigenvalue weighted by Crippen LogP contribution is -2.12. The molecule has 8 nitrogen and oxygen atoms in total. The van der Waals surface area contributed by atoms with Gasteiger partial charge >= 0.3 is 0 Å². The number of hydrazine groups is 1. The molecule has 0 fully saturated rings. The number of rotatable bonds is 12. The van der Waals surface area contributed by atoms with Gasteiger partial charge in [0.1, 0.15) is 12.4 Å². The van der Waals surface area contributed by atoms with Crippen LogP contribution in [0.3, 0.4) is 0 Å². The van der Waals surface area contributed by atoms with Crippen molar-refractivity contribution >= 4 is 5.82 Å². The van der Waals surface area contributed by atoms with E-state index < -0.39 is 0 Å². The normalized spacial score (nSPS) is 10.6. The molecule has 8 heteroatoms. The summed E-state index contributed by atoms with van der Waals surface area (Å²) in [4.78, 5) is 8.43. The number of nitrogens with one attached hydrogen (secondary N) is 1. The van der Waals surface area contributed by atoms with Crippen LogP contribution < -0.4 is 16.0 Å². The number of hydrogen-bond donors (Lipinski definition) is 2. The molecule has 0 saturated carbocycles. The Morgan fingerprint density at radius 1 is 1.14 bits per heavy atom. The molecule has 0 aliphatic rings. The van der Waals surface area contributed by atoms with E-state index in [1.807, 2.05) is 6.92 Å². The first kappa shape index (κ1) is 17.6. The summed E-state index contributed by atoms with van der Waals surface area (Å²) in [6.07, 6.45) is 0.764. The van der Waals surface area contributed by atoms with Crippen LogP contribution >= 0.6 is 0 Å². The van der Waals surface area contributed by atoms with Gasteiger partial charge in [-0.25, -0.2) is 10.8 Å². The molecule has 3 N–H and O–H groups in total. The van der Waals surface area contributed by atoms with E-state index in [9.17, 15) is 0 Å². The lowest BCUT2D eigenvalue weighted by Gasteiger charge is -2.09. The summed E-state index contributed by atoms with van der Waals surface area (Å²) in [7, 11) is 1.64. The topological polar surface area (TPSA) is 101 Å². The van der Waals surface area contributed by atoms with Crippen molar-refractivity contribution < 1.29 is 18.9 Å². The van der Waals surface area contributed by atoms with E-state index in [0.29, 0.717) is 57.2 Å². The van der Waals surface area contributed by atoms with Crippen LogP contribution in [0.1, 0.15) is 19.2 Å². The van der Waals surface area contributed by atoms with Gasteiger partial charge in [0, 0.05) is 32.8 Å². The molecular weight excluding hydrogens is 276 g/mol. The zero-order valence-electron chi connectivity index (χ0n) is 12.6. The van der Waals surface area contributed by atoms with E-state index in [2.05, 4.69) is 15.4 Å². The van der Waals surface area contributed by atoms with Gasteiger partial charge in [0.25, 0.3) is 0 Å². The monoisotopic (exact) mass is 300 g/mol. The third kappa shape index (κ3) is 7.76. The Bertz CT molecular complexity index is 392. The second-order valence-corrected chi connectivity index (χ2v) is 4.10. The van der Waals surface area contributed by atoms with Gasteiger partial charge < -0.3 is 24.4 Å². The first-order chi connectivity index (χ1) is 10.3. The standard InChI is InChI=1S/C13H24N4O4/c1-3-19-10-12-15-11(17-14)9-13(16-12)21-6-4-5-20-8-7-18-2/h9H,3-8,10,14H2,1-2H3,(H,15,16,17). The smallest absolute Gasteiger partial charge is 0.218 e. The number of methoxy groups -OCH3 is 1. The summed E-state index contributed by atoms with van der Waals surface area (Å²) in [5.41, 5.74) is 2.48. The fourth-order valence-corrected chi connectivity index (χ4v) is 1.46. The molecule has 1 aromatic heterocycles. The van der Waals surface area contributed by atoms with Gasteiger partial charge in [-0.15, -0.1) is 0 Å². The van der Waals surface area contributed by atoms with Gasteiger partial charge in [-0.1, -0.05) is 0 Å². The molecule has 0 bridgehead atoms. The number of ether oxygens (including phenoxy) is 4. The lowest BCUT2D eigenvalue weighted by atomic mass is 10.5. The summed E-state index contributed by atoms with van der Waals surface area (Å²) in [5, 5.41) is 0. The molecule has 0 radical (unpaired) electrons. The van der Waals surface area contributed by atoms with Gasteiger partial charge in [-0.05, 0) is 6.92 Å². The molecule has 0 aliphatic heterocycles. The van der Waals surface area contributed by atoms with E-state index in [1.165, 1.54) is 0 Å². The van der Waals surface area contributed by atoms with Crippen molar-refractivity contribution in [3.63, 3.8) is 0 Å². The molecule has 0 aromatic carbocycles. The second kappa shape index (κ2) is 11.2. The first-order valence-electron chi connectivity index (χ1n) is 6.92.